The molecule has 1 rings (SSSR count). The van der Waals surface area contributed by atoms with Crippen LogP contribution in [0.1, 0.15) is 51.3 Å². The molecule has 0 amide bonds. The fourth-order valence-corrected chi connectivity index (χ4v) is 2.49. The van der Waals surface area contributed by atoms with Crippen LogP contribution in [0.15, 0.2) is 24.3 Å². The predicted octanol–water partition coefficient (Wildman–Crippen LogP) is 3.88. The summed E-state index contributed by atoms with van der Waals surface area (Å²) < 4.78 is 0. The van der Waals surface area contributed by atoms with Crippen molar-refractivity contribution >= 4 is 0 Å². The first-order valence-corrected chi connectivity index (χ1v) is 7.92. The summed E-state index contributed by atoms with van der Waals surface area (Å²) in [6, 6.07) is 10.0. The summed E-state index contributed by atoms with van der Waals surface area (Å²) in [5, 5.41) is 3.68. The van der Waals surface area contributed by atoms with E-state index in [4.69, 9.17) is 0 Å². The second-order valence-corrected chi connectivity index (χ2v) is 6.47. The van der Waals surface area contributed by atoms with E-state index in [-0.39, 0.29) is 0 Å². The molecule has 0 saturated heterocycles. The summed E-state index contributed by atoms with van der Waals surface area (Å²) in [7, 11) is 4.35. The summed E-state index contributed by atoms with van der Waals surface area (Å²) in [6.45, 7) is 10.1. The van der Waals surface area contributed by atoms with Crippen LogP contribution in [0, 0.1) is 5.92 Å². The van der Waals surface area contributed by atoms with Crippen molar-refractivity contribution < 1.29 is 0 Å². The third-order valence-corrected chi connectivity index (χ3v) is 4.02. The molecule has 0 aliphatic carbocycles. The van der Waals surface area contributed by atoms with Gasteiger partial charge in [-0.15, -0.1) is 0 Å². The Bertz CT molecular complexity index is 368. The molecule has 0 aliphatic rings. The Morgan fingerprint density at radius 2 is 1.65 bits per heavy atom. The predicted molar refractivity (Wildman–Crippen MR) is 89.2 cm³/mol. The zero-order valence-corrected chi connectivity index (χ0v) is 14.1. The van der Waals surface area contributed by atoms with E-state index >= 15 is 0 Å². The van der Waals surface area contributed by atoms with Crippen LogP contribution in [0.2, 0.25) is 0 Å². The van der Waals surface area contributed by atoms with Gasteiger partial charge in [-0.3, -0.25) is 0 Å². The van der Waals surface area contributed by atoms with Crippen LogP contribution in [0.4, 0.5) is 0 Å². The molecule has 114 valence electrons. The van der Waals surface area contributed by atoms with Crippen LogP contribution in [0.3, 0.4) is 0 Å². The highest BCUT2D eigenvalue weighted by Gasteiger charge is 2.14. The highest BCUT2D eigenvalue weighted by Crippen LogP contribution is 2.15. The Balaban J connectivity index is 2.53. The van der Waals surface area contributed by atoms with Gasteiger partial charge in [0.15, 0.2) is 0 Å². The van der Waals surface area contributed by atoms with Crippen molar-refractivity contribution in [2.24, 2.45) is 5.92 Å². The van der Waals surface area contributed by atoms with Crippen LogP contribution in [-0.2, 0) is 6.42 Å². The smallest absolute Gasteiger partial charge is 0.0292 e. The van der Waals surface area contributed by atoms with E-state index < -0.39 is 0 Å². The maximum absolute atomic E-state index is 3.68. The Labute approximate surface area is 125 Å². The third kappa shape index (κ3) is 5.64. The number of nitrogens with zero attached hydrogens (tertiary/aromatic N) is 1. The highest BCUT2D eigenvalue weighted by atomic mass is 15.1. The van der Waals surface area contributed by atoms with Crippen LogP contribution < -0.4 is 5.32 Å². The molecule has 1 aromatic carbocycles. The van der Waals surface area contributed by atoms with Gasteiger partial charge in [-0.2, -0.15) is 0 Å². The maximum atomic E-state index is 3.68. The van der Waals surface area contributed by atoms with Crippen LogP contribution in [-0.4, -0.2) is 31.6 Å². The Morgan fingerprint density at radius 3 is 2.10 bits per heavy atom. The molecular formula is C18H32N2. The number of benzene rings is 1. The second-order valence-electron chi connectivity index (χ2n) is 6.47. The van der Waals surface area contributed by atoms with E-state index in [2.05, 4.69) is 76.3 Å². The van der Waals surface area contributed by atoms with E-state index in [1.165, 1.54) is 17.5 Å². The molecule has 2 atom stereocenters. The largest absolute Gasteiger partial charge is 0.309 e. The summed E-state index contributed by atoms with van der Waals surface area (Å²) in [6.07, 6.45) is 2.35. The minimum atomic E-state index is 0.413. The quantitative estimate of drug-likeness (QED) is 0.775. The minimum absolute atomic E-state index is 0.413. The molecule has 1 aromatic rings. The fraction of sp³-hybridized carbons (Fsp3) is 0.667. The van der Waals surface area contributed by atoms with Crippen molar-refractivity contribution in [1.29, 1.82) is 0 Å². The average Bonchev–Trinajstić information content (AvgIpc) is 2.42. The first-order valence-electron chi connectivity index (χ1n) is 7.92. The zero-order valence-electron chi connectivity index (χ0n) is 14.1. The number of hydrogen-bond donors (Lipinski definition) is 1. The van der Waals surface area contributed by atoms with Crippen LogP contribution in [0.25, 0.3) is 0 Å². The molecule has 0 aromatic heterocycles. The molecular weight excluding hydrogens is 244 g/mol. The standard InChI is InChI=1S/C18H32N2/c1-7-16-8-10-17(11-9-16)15(4)19-13-18(20(5)6)12-14(2)3/h8-11,14-15,18-19H,7,12-13H2,1-6H3. The number of nitrogens with one attached hydrogen (secondary N) is 1. The molecule has 0 radical (unpaired) electrons. The molecule has 0 saturated carbocycles. The van der Waals surface area contributed by atoms with E-state index in [1.54, 1.807) is 0 Å². The summed E-state index contributed by atoms with van der Waals surface area (Å²) in [5.74, 6) is 0.739. The van der Waals surface area contributed by atoms with E-state index in [0.29, 0.717) is 12.1 Å². The molecule has 2 nitrogen and oxygen atoms in total. The summed E-state index contributed by atoms with van der Waals surface area (Å²) in [5.41, 5.74) is 2.79. The number of likely N-dealkylation sites (N-methyl/N-ethyl adjacent to an activating group) is 1. The molecule has 0 aliphatic heterocycles. The van der Waals surface area contributed by atoms with Gasteiger partial charge in [0.25, 0.3) is 0 Å². The normalized spacial score (nSPS) is 14.8. The first kappa shape index (κ1) is 17.2. The lowest BCUT2D eigenvalue weighted by Gasteiger charge is -2.28. The van der Waals surface area contributed by atoms with Gasteiger partial charge in [-0.05, 0) is 50.9 Å². The SMILES string of the molecule is CCc1ccc(C(C)NCC(CC(C)C)N(C)C)cc1. The monoisotopic (exact) mass is 276 g/mol. The van der Waals surface area contributed by atoms with Gasteiger partial charge in [-0.25, -0.2) is 0 Å². The Kier molecular flexibility index (Phi) is 7.25. The fourth-order valence-electron chi connectivity index (χ4n) is 2.49. The minimum Gasteiger partial charge on any atom is -0.309 e. The lowest BCUT2D eigenvalue weighted by Crippen LogP contribution is -2.39. The van der Waals surface area contributed by atoms with Gasteiger partial charge in [0.1, 0.15) is 0 Å². The molecule has 20 heavy (non-hydrogen) atoms. The molecule has 0 spiro atoms. The van der Waals surface area contributed by atoms with E-state index in [9.17, 15) is 0 Å². The maximum Gasteiger partial charge on any atom is 0.0292 e. The summed E-state index contributed by atoms with van der Waals surface area (Å²) in [4.78, 5) is 2.33. The lowest BCUT2D eigenvalue weighted by atomic mass is 10.0. The van der Waals surface area contributed by atoms with Gasteiger partial charge >= 0.3 is 0 Å². The van der Waals surface area contributed by atoms with Crippen molar-refractivity contribution in [3.05, 3.63) is 35.4 Å². The van der Waals surface area contributed by atoms with Gasteiger partial charge in [0.2, 0.25) is 0 Å². The van der Waals surface area contributed by atoms with Crippen LogP contribution >= 0.6 is 0 Å². The zero-order chi connectivity index (χ0) is 15.1. The van der Waals surface area contributed by atoms with Crippen molar-refractivity contribution in [2.45, 2.75) is 52.6 Å². The van der Waals surface area contributed by atoms with Gasteiger partial charge in [0, 0.05) is 18.6 Å². The number of rotatable bonds is 8. The van der Waals surface area contributed by atoms with Crippen molar-refractivity contribution in [3.8, 4) is 0 Å². The Morgan fingerprint density at radius 1 is 1.05 bits per heavy atom. The molecule has 2 heteroatoms. The number of hydrogen-bond acceptors (Lipinski definition) is 2. The van der Waals surface area contributed by atoms with Gasteiger partial charge in [-0.1, -0.05) is 45.0 Å². The Hall–Kier alpha value is -0.860. The van der Waals surface area contributed by atoms with Crippen molar-refractivity contribution in [3.63, 3.8) is 0 Å². The van der Waals surface area contributed by atoms with Gasteiger partial charge in [0.05, 0.1) is 0 Å². The van der Waals surface area contributed by atoms with E-state index in [1.807, 2.05) is 0 Å². The number of aryl methyl sites for hydroxylation is 1. The molecule has 1 N–H and O–H groups in total. The topological polar surface area (TPSA) is 15.3 Å². The van der Waals surface area contributed by atoms with E-state index in [0.717, 1.165) is 18.9 Å². The third-order valence-electron chi connectivity index (χ3n) is 4.02. The second kappa shape index (κ2) is 8.43. The lowest BCUT2D eigenvalue weighted by molar-refractivity contribution is 0.242. The first-order chi connectivity index (χ1) is 9.43. The average molecular weight is 276 g/mol. The highest BCUT2D eigenvalue weighted by molar-refractivity contribution is 5.24. The van der Waals surface area contributed by atoms with Crippen molar-refractivity contribution in [1.82, 2.24) is 10.2 Å². The van der Waals surface area contributed by atoms with Crippen LogP contribution in [0.5, 0.6) is 0 Å². The van der Waals surface area contributed by atoms with Crippen molar-refractivity contribution in [2.75, 3.05) is 20.6 Å². The summed E-state index contributed by atoms with van der Waals surface area (Å²) >= 11 is 0. The molecule has 0 heterocycles. The molecule has 2 unspecified atom stereocenters. The van der Waals surface area contributed by atoms with Gasteiger partial charge < -0.3 is 10.2 Å². The molecule has 0 fully saturated rings. The molecule has 0 bridgehead atoms.